The molecule has 0 atom stereocenters. The number of carbonyl (C=O) groups is 2. The number of rotatable bonds is 9. The molecule has 1 aliphatic heterocycles. The Labute approximate surface area is 183 Å². The molecule has 2 heterocycles. The second kappa shape index (κ2) is 10.2. The molecular formula is C21H22N2O3S3. The Morgan fingerprint density at radius 1 is 1.21 bits per heavy atom. The minimum Gasteiger partial charge on any atom is -0.481 e. The number of carboxylic acids is 1. The van der Waals surface area contributed by atoms with Crippen LogP contribution in [-0.4, -0.2) is 32.7 Å². The van der Waals surface area contributed by atoms with Crippen LogP contribution >= 0.6 is 35.3 Å². The minimum absolute atomic E-state index is 0.0710. The number of carbonyl (C=O) groups excluding carboxylic acids is 1. The smallest absolute Gasteiger partial charge is 0.303 e. The second-order valence-corrected chi connectivity index (χ2v) is 9.30. The molecule has 0 unspecified atom stereocenters. The Balaban J connectivity index is 1.63. The van der Waals surface area contributed by atoms with Crippen molar-refractivity contribution in [3.05, 3.63) is 51.1 Å². The van der Waals surface area contributed by atoms with Gasteiger partial charge in [0.25, 0.3) is 5.91 Å². The number of nitrogens with two attached hydrogens (primary N) is 1. The van der Waals surface area contributed by atoms with Crippen molar-refractivity contribution in [3.8, 4) is 11.1 Å². The summed E-state index contributed by atoms with van der Waals surface area (Å²) in [4.78, 5) is 26.5. The van der Waals surface area contributed by atoms with E-state index in [2.05, 4.69) is 23.6 Å². The molecule has 2 aromatic rings. The van der Waals surface area contributed by atoms with Gasteiger partial charge in [-0.05, 0) is 53.1 Å². The molecule has 0 spiro atoms. The SMILES string of the molecule is NCc1cccc(-c2csc(C=C3SC(=S)N(CCCCCC(=O)O)C3=O)c2)c1. The van der Waals surface area contributed by atoms with Crippen LogP contribution in [0.5, 0.6) is 0 Å². The second-order valence-electron chi connectivity index (χ2n) is 6.68. The number of aliphatic carboxylic acids is 1. The Hall–Kier alpha value is -2.00. The normalized spacial score (nSPS) is 15.5. The zero-order valence-corrected chi connectivity index (χ0v) is 18.2. The van der Waals surface area contributed by atoms with E-state index in [1.165, 1.54) is 11.8 Å². The molecule has 1 amide bonds. The van der Waals surface area contributed by atoms with Crippen LogP contribution in [0, 0.1) is 0 Å². The van der Waals surface area contributed by atoms with Crippen LogP contribution < -0.4 is 5.73 Å². The maximum Gasteiger partial charge on any atom is 0.303 e. The number of carboxylic acid groups (broad SMARTS) is 1. The molecule has 1 saturated heterocycles. The van der Waals surface area contributed by atoms with E-state index in [1.54, 1.807) is 16.2 Å². The van der Waals surface area contributed by atoms with E-state index in [-0.39, 0.29) is 12.3 Å². The highest BCUT2D eigenvalue weighted by Gasteiger charge is 2.31. The average Bonchev–Trinajstić information content (AvgIpc) is 3.27. The lowest BCUT2D eigenvalue weighted by molar-refractivity contribution is -0.137. The first kappa shape index (κ1) is 21.7. The highest BCUT2D eigenvalue weighted by molar-refractivity contribution is 8.26. The molecule has 3 N–H and O–H groups in total. The fraction of sp³-hybridized carbons (Fsp3) is 0.286. The zero-order chi connectivity index (χ0) is 20.8. The maximum absolute atomic E-state index is 12.7. The fourth-order valence-corrected chi connectivity index (χ4v) is 5.22. The molecule has 3 rings (SSSR count). The van der Waals surface area contributed by atoms with E-state index in [4.69, 9.17) is 23.1 Å². The van der Waals surface area contributed by atoms with Gasteiger partial charge in [-0.25, -0.2) is 0 Å². The monoisotopic (exact) mass is 446 g/mol. The van der Waals surface area contributed by atoms with E-state index in [0.717, 1.165) is 34.4 Å². The number of benzene rings is 1. The van der Waals surface area contributed by atoms with Gasteiger partial charge in [0.05, 0.1) is 4.91 Å². The average molecular weight is 447 g/mol. The van der Waals surface area contributed by atoms with Gasteiger partial charge in [-0.2, -0.15) is 0 Å². The third kappa shape index (κ3) is 5.76. The zero-order valence-electron chi connectivity index (χ0n) is 15.8. The Morgan fingerprint density at radius 2 is 2.03 bits per heavy atom. The number of thioether (sulfide) groups is 1. The lowest BCUT2D eigenvalue weighted by Crippen LogP contribution is -2.29. The summed E-state index contributed by atoms with van der Waals surface area (Å²) in [5.41, 5.74) is 9.02. The Bertz CT molecular complexity index is 952. The molecule has 1 aliphatic rings. The van der Waals surface area contributed by atoms with Gasteiger partial charge in [0.15, 0.2) is 0 Å². The maximum atomic E-state index is 12.7. The van der Waals surface area contributed by atoms with Crippen molar-refractivity contribution in [1.82, 2.24) is 4.90 Å². The van der Waals surface area contributed by atoms with Gasteiger partial charge in [0.1, 0.15) is 4.32 Å². The minimum atomic E-state index is -0.788. The summed E-state index contributed by atoms with van der Waals surface area (Å²) in [6.45, 7) is 1.03. The van der Waals surface area contributed by atoms with Crippen molar-refractivity contribution >= 4 is 57.6 Å². The molecule has 5 nitrogen and oxygen atoms in total. The van der Waals surface area contributed by atoms with Crippen LogP contribution in [0.3, 0.4) is 0 Å². The van der Waals surface area contributed by atoms with E-state index < -0.39 is 5.97 Å². The predicted molar refractivity (Wildman–Crippen MR) is 124 cm³/mol. The third-order valence-electron chi connectivity index (χ3n) is 4.54. The van der Waals surface area contributed by atoms with Crippen LogP contribution in [0.2, 0.25) is 0 Å². The summed E-state index contributed by atoms with van der Waals surface area (Å²) < 4.78 is 0.562. The van der Waals surface area contributed by atoms with Gasteiger partial charge in [-0.1, -0.05) is 48.6 Å². The Morgan fingerprint density at radius 3 is 2.79 bits per heavy atom. The molecule has 1 aromatic heterocycles. The van der Waals surface area contributed by atoms with Gasteiger partial charge < -0.3 is 10.8 Å². The summed E-state index contributed by atoms with van der Waals surface area (Å²) in [6, 6.07) is 10.2. The molecule has 0 bridgehead atoms. The van der Waals surface area contributed by atoms with Crippen LogP contribution in [-0.2, 0) is 16.1 Å². The van der Waals surface area contributed by atoms with Crippen molar-refractivity contribution in [1.29, 1.82) is 0 Å². The van der Waals surface area contributed by atoms with Crippen molar-refractivity contribution in [3.63, 3.8) is 0 Å². The molecule has 1 aromatic carbocycles. The lowest BCUT2D eigenvalue weighted by atomic mass is 10.1. The Kier molecular flexibility index (Phi) is 7.60. The summed E-state index contributed by atoms with van der Waals surface area (Å²) in [5, 5.41) is 10.8. The standard InChI is InChI=1S/C21H22N2O3S3/c22-12-14-5-4-6-15(9-14)16-10-17(28-13-16)11-18-20(26)23(21(27)29-18)8-3-1-2-7-19(24)25/h4-6,9-11,13H,1-3,7-8,12,22H2,(H,24,25). The van der Waals surface area contributed by atoms with Gasteiger partial charge in [0, 0.05) is 24.4 Å². The quantitative estimate of drug-likeness (QED) is 0.329. The number of thiocarbonyl (C=S) groups is 1. The summed E-state index contributed by atoms with van der Waals surface area (Å²) in [7, 11) is 0. The van der Waals surface area contributed by atoms with Crippen molar-refractivity contribution in [2.24, 2.45) is 5.73 Å². The predicted octanol–water partition coefficient (Wildman–Crippen LogP) is 4.72. The molecule has 1 fully saturated rings. The first-order valence-electron chi connectivity index (χ1n) is 9.33. The van der Waals surface area contributed by atoms with Gasteiger partial charge in [-0.3, -0.25) is 14.5 Å². The summed E-state index contributed by atoms with van der Waals surface area (Å²) in [6.07, 6.45) is 4.17. The first-order chi connectivity index (χ1) is 14.0. The highest BCUT2D eigenvalue weighted by Crippen LogP contribution is 2.35. The van der Waals surface area contributed by atoms with Crippen LogP contribution in [0.25, 0.3) is 17.2 Å². The van der Waals surface area contributed by atoms with E-state index >= 15 is 0 Å². The highest BCUT2D eigenvalue weighted by atomic mass is 32.2. The van der Waals surface area contributed by atoms with Crippen molar-refractivity contribution in [2.45, 2.75) is 32.2 Å². The van der Waals surface area contributed by atoms with E-state index in [9.17, 15) is 9.59 Å². The topological polar surface area (TPSA) is 83.6 Å². The fourth-order valence-electron chi connectivity index (χ4n) is 3.00. The number of hydrogen-bond acceptors (Lipinski definition) is 6. The molecule has 0 saturated carbocycles. The molecule has 29 heavy (non-hydrogen) atoms. The van der Waals surface area contributed by atoms with Crippen molar-refractivity contribution in [2.75, 3.05) is 6.54 Å². The van der Waals surface area contributed by atoms with Crippen LogP contribution in [0.4, 0.5) is 0 Å². The number of thiophene rings is 1. The summed E-state index contributed by atoms with van der Waals surface area (Å²) >= 11 is 8.27. The first-order valence-corrected chi connectivity index (χ1v) is 11.4. The van der Waals surface area contributed by atoms with E-state index in [0.29, 0.717) is 28.7 Å². The number of unbranched alkanes of at least 4 members (excludes halogenated alkanes) is 2. The van der Waals surface area contributed by atoms with Crippen molar-refractivity contribution < 1.29 is 14.7 Å². The number of amides is 1. The molecule has 0 aliphatic carbocycles. The number of nitrogens with zero attached hydrogens (tertiary/aromatic N) is 1. The molecule has 152 valence electrons. The number of hydrogen-bond donors (Lipinski definition) is 2. The third-order valence-corrected chi connectivity index (χ3v) is 6.79. The molecule has 8 heteroatoms. The lowest BCUT2D eigenvalue weighted by Gasteiger charge is -2.13. The van der Waals surface area contributed by atoms with E-state index in [1.807, 2.05) is 18.2 Å². The van der Waals surface area contributed by atoms with Gasteiger partial charge >= 0.3 is 5.97 Å². The van der Waals surface area contributed by atoms with Crippen LogP contribution in [0.15, 0.2) is 40.6 Å². The van der Waals surface area contributed by atoms with Crippen LogP contribution in [0.1, 0.15) is 36.1 Å². The molecular weight excluding hydrogens is 424 g/mol. The largest absolute Gasteiger partial charge is 0.481 e. The summed E-state index contributed by atoms with van der Waals surface area (Å²) in [5.74, 6) is -0.859. The van der Waals surface area contributed by atoms with Gasteiger partial charge in [0.2, 0.25) is 0 Å². The van der Waals surface area contributed by atoms with Gasteiger partial charge in [-0.15, -0.1) is 11.3 Å². The molecule has 0 radical (unpaired) electrons.